The number of nitrogens with zero attached hydrogens (tertiary/aromatic N) is 2. The van der Waals surface area contributed by atoms with Crippen molar-refractivity contribution in [3.63, 3.8) is 0 Å². The zero-order valence-corrected chi connectivity index (χ0v) is 16.9. The van der Waals surface area contributed by atoms with Crippen LogP contribution in [0, 0.1) is 6.92 Å². The average Bonchev–Trinajstić information content (AvgIpc) is 3.04. The van der Waals surface area contributed by atoms with E-state index in [0.717, 1.165) is 23.1 Å². The van der Waals surface area contributed by atoms with Gasteiger partial charge in [0.2, 0.25) is 5.91 Å². The minimum absolute atomic E-state index is 0.0348. The lowest BCUT2D eigenvalue weighted by molar-refractivity contribution is -0.124. The number of halogens is 1. The summed E-state index contributed by atoms with van der Waals surface area (Å²) in [5.41, 5.74) is 2.05. The number of hydrogen-bond donors (Lipinski definition) is 4. The van der Waals surface area contributed by atoms with E-state index in [1.807, 2.05) is 40.0 Å². The van der Waals surface area contributed by atoms with Crippen molar-refractivity contribution in [2.24, 2.45) is 0 Å². The Bertz CT molecular complexity index is 788. The fraction of sp³-hybridized carbons (Fsp3) is 0.526. The highest BCUT2D eigenvalue weighted by molar-refractivity contribution is 6.22. The lowest BCUT2D eigenvalue weighted by atomic mass is 10.0. The molecule has 0 aliphatic carbocycles. The number of rotatable bonds is 6. The fourth-order valence-electron chi connectivity index (χ4n) is 3.04. The molecule has 3 rings (SSSR count). The molecule has 0 fully saturated rings. The van der Waals surface area contributed by atoms with Crippen LogP contribution >= 0.6 is 11.6 Å². The number of hydrogen-bond acceptors (Lipinski definition) is 6. The third kappa shape index (κ3) is 4.25. The summed E-state index contributed by atoms with van der Waals surface area (Å²) in [6.45, 7) is 9.00. The van der Waals surface area contributed by atoms with E-state index < -0.39 is 5.54 Å². The van der Waals surface area contributed by atoms with Gasteiger partial charge in [0.1, 0.15) is 17.5 Å². The normalized spacial score (nSPS) is 21.7. The maximum Gasteiger partial charge on any atom is 0.245 e. The number of nitrogens with one attached hydrogen (secondary N) is 4. The number of anilines is 1. The Morgan fingerprint density at radius 1 is 1.44 bits per heavy atom. The quantitative estimate of drug-likeness (QED) is 0.555. The first-order chi connectivity index (χ1) is 12.8. The minimum Gasteiger partial charge on any atom is -0.371 e. The van der Waals surface area contributed by atoms with Crippen molar-refractivity contribution in [3.8, 4) is 0 Å². The molecule has 0 radical (unpaired) electrons. The molecule has 2 atom stereocenters. The monoisotopic (exact) mass is 390 g/mol. The Kier molecular flexibility index (Phi) is 5.72. The van der Waals surface area contributed by atoms with E-state index in [0.29, 0.717) is 24.7 Å². The number of fused-ring (bicyclic) bond motifs is 1. The SMILES string of the molecule is CCCNC(=O)C(C)(C)Nc1nc(C2=CNC3NCC(Cl)C=C23)ncc1C. The number of carbonyl (C=O) groups is 1. The molecule has 2 aliphatic rings. The molecule has 2 aliphatic heterocycles. The molecule has 0 bridgehead atoms. The minimum atomic E-state index is -0.788. The van der Waals surface area contributed by atoms with E-state index in [4.69, 9.17) is 16.6 Å². The molecule has 0 saturated carbocycles. The van der Waals surface area contributed by atoms with Gasteiger partial charge in [0.25, 0.3) is 0 Å². The first-order valence-corrected chi connectivity index (χ1v) is 9.71. The zero-order chi connectivity index (χ0) is 19.6. The van der Waals surface area contributed by atoms with Crippen LogP contribution in [0.15, 0.2) is 24.0 Å². The van der Waals surface area contributed by atoms with Crippen LogP contribution < -0.4 is 21.3 Å². The van der Waals surface area contributed by atoms with Gasteiger partial charge in [0.15, 0.2) is 5.82 Å². The van der Waals surface area contributed by atoms with Crippen molar-refractivity contribution in [3.05, 3.63) is 35.4 Å². The number of amides is 1. The Labute approximate surface area is 165 Å². The highest BCUT2D eigenvalue weighted by atomic mass is 35.5. The first-order valence-electron chi connectivity index (χ1n) is 9.28. The average molecular weight is 391 g/mol. The van der Waals surface area contributed by atoms with E-state index in [1.165, 1.54) is 0 Å². The number of carbonyl (C=O) groups excluding carboxylic acids is 1. The Balaban J connectivity index is 1.84. The molecule has 7 nitrogen and oxygen atoms in total. The summed E-state index contributed by atoms with van der Waals surface area (Å²) < 4.78 is 0. The summed E-state index contributed by atoms with van der Waals surface area (Å²) in [7, 11) is 0. The summed E-state index contributed by atoms with van der Waals surface area (Å²) >= 11 is 6.26. The van der Waals surface area contributed by atoms with Gasteiger partial charge in [0.05, 0.1) is 5.38 Å². The molecule has 0 spiro atoms. The van der Waals surface area contributed by atoms with Crippen molar-refractivity contribution in [1.29, 1.82) is 0 Å². The van der Waals surface area contributed by atoms with Crippen LogP contribution in [-0.2, 0) is 4.79 Å². The fourth-order valence-corrected chi connectivity index (χ4v) is 3.26. The van der Waals surface area contributed by atoms with E-state index in [9.17, 15) is 4.79 Å². The van der Waals surface area contributed by atoms with Crippen LogP contribution in [0.25, 0.3) is 5.57 Å². The third-order valence-corrected chi connectivity index (χ3v) is 4.92. The van der Waals surface area contributed by atoms with E-state index in [-0.39, 0.29) is 17.5 Å². The molecule has 1 aromatic rings. The second-order valence-corrected chi connectivity index (χ2v) is 8.00. The van der Waals surface area contributed by atoms with Gasteiger partial charge in [0, 0.05) is 36.6 Å². The first kappa shape index (κ1) is 19.6. The van der Waals surface area contributed by atoms with E-state index >= 15 is 0 Å². The molecular weight excluding hydrogens is 364 g/mol. The van der Waals surface area contributed by atoms with Crippen molar-refractivity contribution in [2.75, 3.05) is 18.4 Å². The molecule has 8 heteroatoms. The lowest BCUT2D eigenvalue weighted by Crippen LogP contribution is -2.48. The van der Waals surface area contributed by atoms with Crippen LogP contribution in [-0.4, -0.2) is 46.0 Å². The summed E-state index contributed by atoms with van der Waals surface area (Å²) in [6, 6.07) is 0. The Hall–Kier alpha value is -2.12. The van der Waals surface area contributed by atoms with Crippen LogP contribution in [0.3, 0.4) is 0 Å². The lowest BCUT2D eigenvalue weighted by Gasteiger charge is -2.27. The zero-order valence-electron chi connectivity index (χ0n) is 16.2. The molecule has 1 amide bonds. The molecule has 4 N–H and O–H groups in total. The number of aryl methyl sites for hydroxylation is 1. The standard InChI is InChI=1S/C19H27ClN6O/c1-5-6-21-18(27)19(3,4)26-15-11(2)8-22-17(25-15)14-10-24-16-13(14)7-12(20)9-23-16/h7-8,10,12,16,23-24H,5-6,9H2,1-4H3,(H,21,27)(H,22,25,26). The molecule has 2 unspecified atom stereocenters. The predicted molar refractivity (Wildman–Crippen MR) is 108 cm³/mol. The van der Waals surface area contributed by atoms with E-state index in [2.05, 4.69) is 26.3 Å². The maximum atomic E-state index is 12.4. The van der Waals surface area contributed by atoms with Gasteiger partial charge in [-0.1, -0.05) is 13.0 Å². The molecular formula is C19H27ClN6O. The molecule has 0 aromatic carbocycles. The highest BCUT2D eigenvalue weighted by Crippen LogP contribution is 2.31. The van der Waals surface area contributed by atoms with Gasteiger partial charge in [-0.05, 0) is 32.8 Å². The Morgan fingerprint density at radius 2 is 2.22 bits per heavy atom. The second-order valence-electron chi connectivity index (χ2n) is 7.44. The van der Waals surface area contributed by atoms with Gasteiger partial charge in [-0.3, -0.25) is 10.1 Å². The largest absolute Gasteiger partial charge is 0.371 e. The van der Waals surface area contributed by atoms with Gasteiger partial charge < -0.3 is 16.0 Å². The highest BCUT2D eigenvalue weighted by Gasteiger charge is 2.31. The van der Waals surface area contributed by atoms with Crippen LogP contribution in [0.4, 0.5) is 5.82 Å². The van der Waals surface area contributed by atoms with Gasteiger partial charge >= 0.3 is 0 Å². The Morgan fingerprint density at radius 3 is 2.96 bits per heavy atom. The second kappa shape index (κ2) is 7.86. The summed E-state index contributed by atoms with van der Waals surface area (Å²) in [4.78, 5) is 21.6. The summed E-state index contributed by atoms with van der Waals surface area (Å²) in [5.74, 6) is 1.18. The van der Waals surface area contributed by atoms with Crippen molar-refractivity contribution in [1.82, 2.24) is 25.9 Å². The molecule has 1 aromatic heterocycles. The topological polar surface area (TPSA) is 91.0 Å². The molecule has 146 valence electrons. The summed E-state index contributed by atoms with van der Waals surface area (Å²) in [5, 5.41) is 12.8. The van der Waals surface area contributed by atoms with Gasteiger partial charge in [-0.15, -0.1) is 11.6 Å². The third-order valence-electron chi connectivity index (χ3n) is 4.64. The van der Waals surface area contributed by atoms with Crippen LogP contribution in [0.2, 0.25) is 0 Å². The number of alkyl halides is 1. The number of aromatic nitrogens is 2. The molecule has 27 heavy (non-hydrogen) atoms. The molecule has 0 saturated heterocycles. The molecule has 3 heterocycles. The maximum absolute atomic E-state index is 12.4. The van der Waals surface area contributed by atoms with E-state index in [1.54, 1.807) is 6.20 Å². The van der Waals surface area contributed by atoms with Gasteiger partial charge in [-0.2, -0.15) is 0 Å². The van der Waals surface area contributed by atoms with Crippen molar-refractivity contribution >= 4 is 28.9 Å². The van der Waals surface area contributed by atoms with Crippen LogP contribution in [0.1, 0.15) is 38.6 Å². The van der Waals surface area contributed by atoms with Crippen LogP contribution in [0.5, 0.6) is 0 Å². The summed E-state index contributed by atoms with van der Waals surface area (Å²) in [6.07, 6.45) is 6.64. The van der Waals surface area contributed by atoms with Gasteiger partial charge in [-0.25, -0.2) is 9.97 Å². The van der Waals surface area contributed by atoms with Crippen molar-refractivity contribution in [2.45, 2.75) is 51.2 Å². The van der Waals surface area contributed by atoms with Crippen molar-refractivity contribution < 1.29 is 4.79 Å². The predicted octanol–water partition coefficient (Wildman–Crippen LogP) is 1.91. The smallest absolute Gasteiger partial charge is 0.245 e.